The molecule has 0 aliphatic carbocycles. The van der Waals surface area contributed by atoms with Crippen molar-refractivity contribution in [1.29, 1.82) is 0 Å². The molecule has 1 amide bonds. The van der Waals surface area contributed by atoms with Crippen molar-refractivity contribution in [2.75, 3.05) is 13.1 Å². The number of carbonyl (C=O) groups is 1. The number of thiazole rings is 1. The lowest BCUT2D eigenvalue weighted by Gasteiger charge is -2.17. The quantitative estimate of drug-likeness (QED) is 0.929. The van der Waals surface area contributed by atoms with Crippen LogP contribution in [0.4, 0.5) is 0 Å². The van der Waals surface area contributed by atoms with Crippen LogP contribution in [0.15, 0.2) is 28.5 Å². The van der Waals surface area contributed by atoms with E-state index >= 15 is 0 Å². The molecule has 0 saturated carbocycles. The van der Waals surface area contributed by atoms with Gasteiger partial charge in [-0.2, -0.15) is 0 Å². The van der Waals surface area contributed by atoms with Gasteiger partial charge in [0.05, 0.1) is 5.69 Å². The van der Waals surface area contributed by atoms with E-state index in [1.165, 1.54) is 11.3 Å². The van der Waals surface area contributed by atoms with E-state index in [9.17, 15) is 9.59 Å². The van der Waals surface area contributed by atoms with Gasteiger partial charge < -0.3 is 9.88 Å². The van der Waals surface area contributed by atoms with Crippen molar-refractivity contribution >= 4 is 17.2 Å². The molecular weight excluding hydrogens is 262 g/mol. The molecule has 0 saturated heterocycles. The lowest BCUT2D eigenvalue weighted by molar-refractivity contribution is 0.0771. The Morgan fingerprint density at radius 1 is 1.37 bits per heavy atom. The number of carbonyl (C=O) groups excluding carboxylic acids is 1. The van der Waals surface area contributed by atoms with Crippen molar-refractivity contribution in [3.8, 4) is 10.7 Å². The topological polar surface area (TPSA) is 66.1 Å². The van der Waals surface area contributed by atoms with Gasteiger partial charge in [-0.3, -0.25) is 9.59 Å². The fourth-order valence-electron chi connectivity index (χ4n) is 1.80. The molecule has 2 rings (SSSR count). The summed E-state index contributed by atoms with van der Waals surface area (Å²) >= 11 is 1.44. The summed E-state index contributed by atoms with van der Waals surface area (Å²) in [6.07, 6.45) is 1.67. The second-order valence-corrected chi connectivity index (χ2v) is 4.82. The molecule has 0 fully saturated rings. The lowest BCUT2D eigenvalue weighted by atomic mass is 10.2. The van der Waals surface area contributed by atoms with Crippen LogP contribution in [0.1, 0.15) is 24.2 Å². The van der Waals surface area contributed by atoms with Crippen LogP contribution in [0.5, 0.6) is 0 Å². The fraction of sp³-hybridized carbons (Fsp3) is 0.308. The zero-order chi connectivity index (χ0) is 13.8. The second-order valence-electron chi connectivity index (χ2n) is 3.93. The molecule has 6 heteroatoms. The van der Waals surface area contributed by atoms with Crippen molar-refractivity contribution in [3.63, 3.8) is 0 Å². The molecule has 2 aromatic heterocycles. The van der Waals surface area contributed by atoms with Gasteiger partial charge in [0.25, 0.3) is 11.5 Å². The Balaban J connectivity index is 2.35. The molecular formula is C13H15N3O2S. The molecule has 0 unspecified atom stereocenters. The number of pyridine rings is 1. The number of H-pyrrole nitrogens is 1. The minimum absolute atomic E-state index is 0.170. The lowest BCUT2D eigenvalue weighted by Crippen LogP contribution is -2.34. The van der Waals surface area contributed by atoms with Crippen molar-refractivity contribution in [3.05, 3.63) is 39.6 Å². The summed E-state index contributed by atoms with van der Waals surface area (Å²) in [5.41, 5.74) is 0.435. The first kappa shape index (κ1) is 13.5. The Labute approximate surface area is 114 Å². The molecule has 2 aromatic rings. The molecule has 0 aromatic carbocycles. The second kappa shape index (κ2) is 5.79. The maximum atomic E-state index is 12.1. The first-order valence-corrected chi connectivity index (χ1v) is 6.97. The van der Waals surface area contributed by atoms with Gasteiger partial charge in [0.15, 0.2) is 0 Å². The van der Waals surface area contributed by atoms with E-state index in [2.05, 4.69) is 9.97 Å². The first-order valence-electron chi connectivity index (χ1n) is 6.09. The molecule has 100 valence electrons. The summed E-state index contributed by atoms with van der Waals surface area (Å²) in [5, 5.41) is 2.57. The van der Waals surface area contributed by atoms with E-state index in [1.54, 1.807) is 23.2 Å². The van der Waals surface area contributed by atoms with Crippen LogP contribution in [0.2, 0.25) is 0 Å². The van der Waals surface area contributed by atoms with Crippen LogP contribution in [0, 0.1) is 0 Å². The Morgan fingerprint density at radius 3 is 2.63 bits per heavy atom. The summed E-state index contributed by atoms with van der Waals surface area (Å²) in [7, 11) is 0. The molecule has 2 heterocycles. The summed E-state index contributed by atoms with van der Waals surface area (Å²) in [5.74, 6) is -0.239. The van der Waals surface area contributed by atoms with Gasteiger partial charge in [0.2, 0.25) is 0 Å². The third kappa shape index (κ3) is 2.73. The van der Waals surface area contributed by atoms with E-state index in [-0.39, 0.29) is 17.0 Å². The largest absolute Gasteiger partial charge is 0.339 e. The zero-order valence-electron chi connectivity index (χ0n) is 10.8. The Morgan fingerprint density at radius 2 is 2.11 bits per heavy atom. The van der Waals surface area contributed by atoms with Crippen LogP contribution in [-0.4, -0.2) is 33.9 Å². The van der Waals surface area contributed by atoms with E-state index < -0.39 is 0 Å². The van der Waals surface area contributed by atoms with Crippen molar-refractivity contribution in [2.45, 2.75) is 13.8 Å². The van der Waals surface area contributed by atoms with Crippen molar-refractivity contribution in [2.24, 2.45) is 0 Å². The highest BCUT2D eigenvalue weighted by atomic mass is 32.1. The average Bonchev–Trinajstić information content (AvgIpc) is 2.93. The highest BCUT2D eigenvalue weighted by molar-refractivity contribution is 7.13. The summed E-state index contributed by atoms with van der Waals surface area (Å²) in [6.45, 7) is 4.95. The van der Waals surface area contributed by atoms with Crippen LogP contribution >= 0.6 is 11.3 Å². The van der Waals surface area contributed by atoms with Crippen LogP contribution < -0.4 is 5.56 Å². The molecule has 0 radical (unpaired) electrons. The predicted molar refractivity (Wildman–Crippen MR) is 75.4 cm³/mol. The molecule has 5 nitrogen and oxygen atoms in total. The summed E-state index contributed by atoms with van der Waals surface area (Å²) < 4.78 is 0. The Hall–Kier alpha value is -1.95. The Bertz CT molecular complexity index is 615. The first-order chi connectivity index (χ1) is 9.17. The minimum atomic E-state index is -0.371. The molecule has 0 aliphatic rings. The molecule has 0 aliphatic heterocycles. The van der Waals surface area contributed by atoms with E-state index in [0.717, 1.165) is 5.01 Å². The predicted octanol–water partition coefficient (Wildman–Crippen LogP) is 1.98. The normalized spacial score (nSPS) is 10.4. The third-order valence-corrected chi connectivity index (χ3v) is 3.66. The van der Waals surface area contributed by atoms with Crippen LogP contribution in [-0.2, 0) is 0 Å². The van der Waals surface area contributed by atoms with Gasteiger partial charge in [-0.15, -0.1) is 11.3 Å². The molecule has 19 heavy (non-hydrogen) atoms. The van der Waals surface area contributed by atoms with Gasteiger partial charge in [-0.25, -0.2) is 4.98 Å². The standard InChI is InChI=1S/C13H15N3O2S/c1-3-16(4-2)13(18)9-5-6-10(15-11(9)17)12-14-7-8-19-12/h5-8H,3-4H2,1-2H3,(H,15,17). The zero-order valence-corrected chi connectivity index (χ0v) is 11.7. The van der Waals surface area contributed by atoms with E-state index in [1.807, 2.05) is 19.2 Å². The van der Waals surface area contributed by atoms with Crippen LogP contribution in [0.25, 0.3) is 10.7 Å². The number of aromatic amines is 1. The van der Waals surface area contributed by atoms with Crippen molar-refractivity contribution in [1.82, 2.24) is 14.9 Å². The molecule has 0 bridgehead atoms. The Kier molecular flexibility index (Phi) is 4.11. The van der Waals surface area contributed by atoms with Crippen molar-refractivity contribution < 1.29 is 4.79 Å². The SMILES string of the molecule is CCN(CC)C(=O)c1ccc(-c2nccs2)[nH]c1=O. The summed E-state index contributed by atoms with van der Waals surface area (Å²) in [6, 6.07) is 3.28. The highest BCUT2D eigenvalue weighted by Crippen LogP contribution is 2.18. The monoisotopic (exact) mass is 277 g/mol. The maximum absolute atomic E-state index is 12.1. The van der Waals surface area contributed by atoms with Gasteiger partial charge in [0, 0.05) is 24.7 Å². The number of nitrogens with zero attached hydrogens (tertiary/aromatic N) is 2. The van der Waals surface area contributed by atoms with E-state index in [4.69, 9.17) is 0 Å². The number of rotatable bonds is 4. The summed E-state index contributed by atoms with van der Waals surface area (Å²) in [4.78, 5) is 32.6. The number of amides is 1. The molecule has 0 spiro atoms. The van der Waals surface area contributed by atoms with Gasteiger partial charge in [-0.05, 0) is 26.0 Å². The number of hydrogen-bond acceptors (Lipinski definition) is 4. The van der Waals surface area contributed by atoms with E-state index in [0.29, 0.717) is 18.8 Å². The molecule has 1 N–H and O–H groups in total. The highest BCUT2D eigenvalue weighted by Gasteiger charge is 2.16. The van der Waals surface area contributed by atoms with Gasteiger partial charge in [0.1, 0.15) is 10.6 Å². The van der Waals surface area contributed by atoms with Gasteiger partial charge in [-0.1, -0.05) is 0 Å². The smallest absolute Gasteiger partial charge is 0.261 e. The number of nitrogens with one attached hydrogen (secondary N) is 1. The average molecular weight is 277 g/mol. The maximum Gasteiger partial charge on any atom is 0.261 e. The third-order valence-electron chi connectivity index (χ3n) is 2.85. The fourth-order valence-corrected chi connectivity index (χ4v) is 2.42. The van der Waals surface area contributed by atoms with Gasteiger partial charge >= 0.3 is 0 Å². The van der Waals surface area contributed by atoms with Crippen LogP contribution in [0.3, 0.4) is 0 Å². The number of aromatic nitrogens is 2. The minimum Gasteiger partial charge on any atom is -0.339 e. The molecule has 0 atom stereocenters. The number of hydrogen-bond donors (Lipinski definition) is 1.